The zero-order valence-corrected chi connectivity index (χ0v) is 18.1. The van der Waals surface area contributed by atoms with Crippen LogP contribution in [0.15, 0.2) is 41.3 Å². The molecule has 7 nitrogen and oxygen atoms in total. The molecule has 0 radical (unpaired) electrons. The number of hydrogen-bond donors (Lipinski definition) is 0. The molecule has 4 rings (SSSR count). The van der Waals surface area contributed by atoms with E-state index in [1.54, 1.807) is 36.3 Å². The fraction of sp³-hybridized carbons (Fsp3) is 0.450. The number of hydrogen-bond acceptors (Lipinski definition) is 6. The van der Waals surface area contributed by atoms with Crippen molar-refractivity contribution in [2.45, 2.75) is 23.8 Å². The molecule has 2 aromatic rings. The number of thiophene rings is 1. The van der Waals surface area contributed by atoms with Crippen molar-refractivity contribution < 1.29 is 22.7 Å². The molecule has 0 N–H and O–H groups in total. The van der Waals surface area contributed by atoms with Crippen molar-refractivity contribution in [1.82, 2.24) is 9.21 Å². The maximum Gasteiger partial charge on any atom is 0.264 e. The van der Waals surface area contributed by atoms with Crippen LogP contribution >= 0.6 is 11.3 Å². The largest absolute Gasteiger partial charge is 0.483 e. The second-order valence-electron chi connectivity index (χ2n) is 7.45. The Kier molecular flexibility index (Phi) is 5.41. The third-order valence-corrected chi connectivity index (χ3v) is 8.23. The van der Waals surface area contributed by atoms with E-state index in [1.165, 1.54) is 15.6 Å². The average Bonchev–Trinajstić information content (AvgIpc) is 3.29. The Morgan fingerprint density at radius 1 is 1.24 bits per heavy atom. The van der Waals surface area contributed by atoms with E-state index in [1.807, 2.05) is 19.1 Å². The number of ether oxygens (including phenoxy) is 2. The van der Waals surface area contributed by atoms with Gasteiger partial charge in [0.15, 0.2) is 0 Å². The Morgan fingerprint density at radius 2 is 2.03 bits per heavy atom. The molecule has 1 amide bonds. The fourth-order valence-electron chi connectivity index (χ4n) is 3.89. The Labute approximate surface area is 174 Å². The quantitative estimate of drug-likeness (QED) is 0.736. The number of amides is 1. The molecular weight excluding hydrogens is 412 g/mol. The molecule has 0 bridgehead atoms. The topological polar surface area (TPSA) is 76.2 Å². The Bertz CT molecular complexity index is 1020. The van der Waals surface area contributed by atoms with Crippen LogP contribution < -0.4 is 4.74 Å². The van der Waals surface area contributed by atoms with E-state index in [0.29, 0.717) is 30.1 Å². The highest BCUT2D eigenvalue weighted by Gasteiger charge is 2.48. The first kappa shape index (κ1) is 20.3. The van der Waals surface area contributed by atoms with Crippen molar-refractivity contribution in [3.05, 3.63) is 46.2 Å². The predicted molar refractivity (Wildman–Crippen MR) is 110 cm³/mol. The molecule has 1 spiro atoms. The highest BCUT2D eigenvalue weighted by atomic mass is 32.2. The molecular formula is C20H24N2O5S2. The molecule has 0 aliphatic carbocycles. The second kappa shape index (κ2) is 7.71. The van der Waals surface area contributed by atoms with Gasteiger partial charge in [0.1, 0.15) is 16.2 Å². The van der Waals surface area contributed by atoms with Gasteiger partial charge in [0, 0.05) is 31.5 Å². The van der Waals surface area contributed by atoms with Gasteiger partial charge in [-0.3, -0.25) is 4.79 Å². The number of fused-ring (bicyclic) bond motifs is 1. The van der Waals surface area contributed by atoms with Crippen LogP contribution in [0, 0.1) is 6.92 Å². The van der Waals surface area contributed by atoms with E-state index < -0.39 is 15.6 Å². The van der Waals surface area contributed by atoms with E-state index in [9.17, 15) is 13.2 Å². The Balaban J connectivity index is 1.66. The summed E-state index contributed by atoms with van der Waals surface area (Å²) in [5.41, 5.74) is -0.782. The van der Waals surface area contributed by atoms with Gasteiger partial charge < -0.3 is 14.4 Å². The van der Waals surface area contributed by atoms with Crippen LogP contribution in [0.3, 0.4) is 0 Å². The van der Waals surface area contributed by atoms with Crippen LogP contribution in [0.1, 0.15) is 21.0 Å². The molecule has 156 valence electrons. The van der Waals surface area contributed by atoms with E-state index in [2.05, 4.69) is 0 Å². The monoisotopic (exact) mass is 436 g/mol. The molecule has 1 fully saturated rings. The summed E-state index contributed by atoms with van der Waals surface area (Å²) < 4.78 is 39.3. The fourth-order valence-corrected chi connectivity index (χ4v) is 6.33. The first-order chi connectivity index (χ1) is 13.8. The SMILES string of the molecule is COCCN1C[C@@]2(CCN(C(=O)c3ccc(C)s3)C2)Oc2ccccc2S1(=O)=O. The highest BCUT2D eigenvalue weighted by Crippen LogP contribution is 2.38. The van der Waals surface area contributed by atoms with Gasteiger partial charge in [-0.15, -0.1) is 11.3 Å². The number of aryl methyl sites for hydroxylation is 1. The van der Waals surface area contributed by atoms with Gasteiger partial charge in [0.25, 0.3) is 5.91 Å². The van der Waals surface area contributed by atoms with Crippen LogP contribution in [-0.2, 0) is 14.8 Å². The minimum absolute atomic E-state index is 0.0348. The second-order valence-corrected chi connectivity index (χ2v) is 10.6. The van der Waals surface area contributed by atoms with Gasteiger partial charge in [0.2, 0.25) is 10.0 Å². The lowest BCUT2D eigenvalue weighted by molar-refractivity contribution is 0.0487. The number of likely N-dealkylation sites (tertiary alicyclic amines) is 1. The average molecular weight is 437 g/mol. The summed E-state index contributed by atoms with van der Waals surface area (Å²) in [5.74, 6) is 0.307. The molecule has 0 saturated carbocycles. The highest BCUT2D eigenvalue weighted by molar-refractivity contribution is 7.89. The van der Waals surface area contributed by atoms with Gasteiger partial charge in [-0.2, -0.15) is 4.31 Å². The minimum atomic E-state index is -3.71. The van der Waals surface area contributed by atoms with Gasteiger partial charge >= 0.3 is 0 Å². The molecule has 1 atom stereocenters. The first-order valence-corrected chi connectivity index (χ1v) is 11.7. The number of nitrogens with zero attached hydrogens (tertiary/aromatic N) is 2. The normalized spacial score (nSPS) is 23.6. The molecule has 29 heavy (non-hydrogen) atoms. The zero-order chi connectivity index (χ0) is 20.6. The summed E-state index contributed by atoms with van der Waals surface area (Å²) in [6, 6.07) is 10.5. The van der Waals surface area contributed by atoms with Crippen LogP contribution in [0.5, 0.6) is 5.75 Å². The first-order valence-electron chi connectivity index (χ1n) is 9.47. The number of methoxy groups -OCH3 is 1. The lowest BCUT2D eigenvalue weighted by Crippen LogP contribution is -2.50. The summed E-state index contributed by atoms with van der Waals surface area (Å²) in [6.45, 7) is 3.54. The maximum absolute atomic E-state index is 13.2. The van der Waals surface area contributed by atoms with Crippen LogP contribution in [0.25, 0.3) is 0 Å². The Morgan fingerprint density at radius 3 is 2.76 bits per heavy atom. The summed E-state index contributed by atoms with van der Waals surface area (Å²) in [4.78, 5) is 16.6. The van der Waals surface area contributed by atoms with E-state index >= 15 is 0 Å². The third kappa shape index (κ3) is 3.79. The number of rotatable bonds is 4. The van der Waals surface area contributed by atoms with Gasteiger partial charge in [-0.1, -0.05) is 12.1 Å². The van der Waals surface area contributed by atoms with Gasteiger partial charge in [-0.05, 0) is 31.2 Å². The molecule has 2 aliphatic heterocycles. The molecule has 1 saturated heterocycles. The predicted octanol–water partition coefficient (Wildman–Crippen LogP) is 2.37. The number of carbonyl (C=O) groups excluding carboxylic acids is 1. The van der Waals surface area contributed by atoms with Crippen LogP contribution in [0.2, 0.25) is 0 Å². The lowest BCUT2D eigenvalue weighted by atomic mass is 10.0. The summed E-state index contributed by atoms with van der Waals surface area (Å²) in [5, 5.41) is 0. The van der Waals surface area contributed by atoms with Crippen LogP contribution in [-0.4, -0.2) is 69.0 Å². The summed E-state index contributed by atoms with van der Waals surface area (Å²) in [6.07, 6.45) is 0.566. The van der Waals surface area contributed by atoms with Crippen LogP contribution in [0.4, 0.5) is 0 Å². The zero-order valence-electron chi connectivity index (χ0n) is 16.5. The molecule has 1 aromatic heterocycles. The smallest absolute Gasteiger partial charge is 0.264 e. The van der Waals surface area contributed by atoms with Crippen molar-refractivity contribution in [2.75, 3.05) is 39.9 Å². The third-order valence-electron chi connectivity index (χ3n) is 5.36. The van der Waals surface area contributed by atoms with Crippen molar-refractivity contribution >= 4 is 27.3 Å². The van der Waals surface area contributed by atoms with Crippen molar-refractivity contribution in [3.63, 3.8) is 0 Å². The Hall–Kier alpha value is -1.94. The molecule has 9 heteroatoms. The van der Waals surface area contributed by atoms with E-state index in [0.717, 1.165) is 4.88 Å². The standard InChI is InChI=1S/C20H24N2O5S2/c1-15-7-8-17(28-15)19(23)21-10-9-20(13-21)14-22(11-12-26-2)29(24,25)18-6-4-3-5-16(18)27-20/h3-8H,9-14H2,1-2H3/t20-/m0/s1. The number of benzene rings is 1. The number of sulfonamides is 1. The van der Waals surface area contributed by atoms with E-state index in [-0.39, 0.29) is 30.5 Å². The number of para-hydroxylation sites is 1. The van der Waals surface area contributed by atoms with Crippen molar-refractivity contribution in [3.8, 4) is 5.75 Å². The summed E-state index contributed by atoms with van der Waals surface area (Å²) in [7, 11) is -2.17. The molecule has 3 heterocycles. The van der Waals surface area contributed by atoms with Crippen molar-refractivity contribution in [2.24, 2.45) is 0 Å². The van der Waals surface area contributed by atoms with E-state index in [4.69, 9.17) is 9.47 Å². The molecule has 1 aromatic carbocycles. The summed E-state index contributed by atoms with van der Waals surface area (Å²) >= 11 is 1.47. The molecule has 0 unspecified atom stereocenters. The van der Waals surface area contributed by atoms with Gasteiger partial charge in [-0.25, -0.2) is 8.42 Å². The number of carbonyl (C=O) groups is 1. The minimum Gasteiger partial charge on any atom is -0.483 e. The van der Waals surface area contributed by atoms with Gasteiger partial charge in [0.05, 0.1) is 24.6 Å². The maximum atomic E-state index is 13.2. The lowest BCUT2D eigenvalue weighted by Gasteiger charge is -2.31. The molecule has 2 aliphatic rings. The van der Waals surface area contributed by atoms with Crippen molar-refractivity contribution in [1.29, 1.82) is 0 Å².